The van der Waals surface area contributed by atoms with Crippen LogP contribution in [0.2, 0.25) is 0 Å². The quantitative estimate of drug-likeness (QED) is 0.685. The third-order valence-electron chi connectivity index (χ3n) is 4.00. The van der Waals surface area contributed by atoms with E-state index in [9.17, 15) is 18.0 Å². The summed E-state index contributed by atoms with van der Waals surface area (Å²) in [5.74, 6) is -0.149. The molecule has 2 N–H and O–H groups in total. The minimum Gasteiger partial charge on any atom is -0.400 e. The molecule has 3 aromatic carbocycles. The first-order chi connectivity index (χ1) is 12.9. The van der Waals surface area contributed by atoms with E-state index in [1.807, 2.05) is 31.2 Å². The summed E-state index contributed by atoms with van der Waals surface area (Å²) in [6.07, 6.45) is -4.35. The van der Waals surface area contributed by atoms with Gasteiger partial charge in [0.1, 0.15) is 0 Å². The number of aliphatic hydroxyl groups excluding tert-OH is 1. The minimum absolute atomic E-state index is 0.149. The Balaban J connectivity index is 0.00000126. The summed E-state index contributed by atoms with van der Waals surface area (Å²) >= 11 is 0. The maximum atomic E-state index is 12.7. The number of hydrogen-bond donors (Lipinski definition) is 2. The molecule has 3 nitrogen and oxygen atoms in total. The standard InChI is InChI=1S/C20H16F3NO.CH4O/c1-2-24-19(25)15-8-11-18-14(12-15)4-3-5-17(18)13-6-9-16(10-7-13)20(21,22)23;1-2/h3-12H,2H2,1H3,(H,24,25);2H,1H3. The summed E-state index contributed by atoms with van der Waals surface area (Å²) in [6.45, 7) is 2.39. The van der Waals surface area contributed by atoms with Crippen molar-refractivity contribution in [3.8, 4) is 11.1 Å². The van der Waals surface area contributed by atoms with Crippen LogP contribution in [0, 0.1) is 0 Å². The molecule has 0 saturated heterocycles. The van der Waals surface area contributed by atoms with E-state index in [0.29, 0.717) is 17.7 Å². The number of carbonyl (C=O) groups is 1. The van der Waals surface area contributed by atoms with Crippen molar-refractivity contribution in [2.75, 3.05) is 13.7 Å². The molecule has 0 radical (unpaired) electrons. The Kier molecular flexibility index (Phi) is 6.58. The highest BCUT2D eigenvalue weighted by atomic mass is 19.4. The molecule has 6 heteroatoms. The van der Waals surface area contributed by atoms with Crippen molar-refractivity contribution < 1.29 is 23.1 Å². The maximum Gasteiger partial charge on any atom is 0.416 e. The SMILES string of the molecule is CCNC(=O)c1ccc2c(-c3ccc(C(F)(F)F)cc3)cccc2c1.CO. The van der Waals surface area contributed by atoms with Crippen molar-refractivity contribution in [2.45, 2.75) is 13.1 Å². The Hall–Kier alpha value is -2.86. The van der Waals surface area contributed by atoms with E-state index in [1.165, 1.54) is 12.1 Å². The second-order valence-electron chi connectivity index (χ2n) is 5.68. The highest BCUT2D eigenvalue weighted by Crippen LogP contribution is 2.33. The number of nitrogens with one attached hydrogen (secondary N) is 1. The highest BCUT2D eigenvalue weighted by molar-refractivity contribution is 6.02. The predicted octanol–water partition coefficient (Wildman–Crippen LogP) is 4.88. The molecule has 0 heterocycles. The molecule has 1 amide bonds. The van der Waals surface area contributed by atoms with E-state index in [1.54, 1.807) is 12.1 Å². The number of alkyl halides is 3. The van der Waals surface area contributed by atoms with Crippen LogP contribution in [0.1, 0.15) is 22.8 Å². The fourth-order valence-electron chi connectivity index (χ4n) is 2.78. The zero-order valence-corrected chi connectivity index (χ0v) is 15.0. The number of benzene rings is 3. The second kappa shape index (κ2) is 8.68. The van der Waals surface area contributed by atoms with Crippen LogP contribution in [-0.2, 0) is 6.18 Å². The van der Waals surface area contributed by atoms with Gasteiger partial charge in [-0.1, -0.05) is 36.4 Å². The van der Waals surface area contributed by atoms with Gasteiger partial charge in [0, 0.05) is 19.2 Å². The van der Waals surface area contributed by atoms with Gasteiger partial charge < -0.3 is 10.4 Å². The first kappa shape index (κ1) is 20.5. The molecule has 0 aliphatic rings. The van der Waals surface area contributed by atoms with E-state index >= 15 is 0 Å². The van der Waals surface area contributed by atoms with Gasteiger partial charge in [-0.2, -0.15) is 13.2 Å². The van der Waals surface area contributed by atoms with Crippen LogP contribution in [0.25, 0.3) is 21.9 Å². The average Bonchev–Trinajstić information content (AvgIpc) is 2.68. The summed E-state index contributed by atoms with van der Waals surface area (Å²) in [5.41, 5.74) is 1.41. The van der Waals surface area contributed by atoms with Gasteiger partial charge in [-0.15, -0.1) is 0 Å². The fraction of sp³-hybridized carbons (Fsp3) is 0.190. The summed E-state index contributed by atoms with van der Waals surface area (Å²) in [4.78, 5) is 12.0. The zero-order valence-electron chi connectivity index (χ0n) is 15.0. The normalized spacial score (nSPS) is 10.9. The Morgan fingerprint density at radius 2 is 1.67 bits per heavy atom. The van der Waals surface area contributed by atoms with Crippen LogP contribution < -0.4 is 5.32 Å². The third-order valence-corrected chi connectivity index (χ3v) is 4.00. The summed E-state index contributed by atoms with van der Waals surface area (Å²) < 4.78 is 38.2. The van der Waals surface area contributed by atoms with Gasteiger partial charge in [-0.25, -0.2) is 0 Å². The molecule has 27 heavy (non-hydrogen) atoms. The lowest BCUT2D eigenvalue weighted by molar-refractivity contribution is -0.137. The van der Waals surface area contributed by atoms with Crippen molar-refractivity contribution >= 4 is 16.7 Å². The molecule has 0 atom stereocenters. The zero-order chi connectivity index (χ0) is 20.0. The molecule has 0 unspecified atom stereocenters. The smallest absolute Gasteiger partial charge is 0.400 e. The van der Waals surface area contributed by atoms with Gasteiger partial charge in [0.15, 0.2) is 0 Å². The number of amides is 1. The second-order valence-corrected chi connectivity index (χ2v) is 5.68. The fourth-order valence-corrected chi connectivity index (χ4v) is 2.78. The predicted molar refractivity (Wildman–Crippen MR) is 101 cm³/mol. The van der Waals surface area contributed by atoms with E-state index in [0.717, 1.165) is 35.6 Å². The Bertz CT molecular complexity index is 919. The van der Waals surface area contributed by atoms with E-state index in [4.69, 9.17) is 5.11 Å². The maximum absolute atomic E-state index is 12.7. The molecular formula is C21H20F3NO2. The van der Waals surface area contributed by atoms with Gasteiger partial charge in [0.25, 0.3) is 5.91 Å². The van der Waals surface area contributed by atoms with E-state index < -0.39 is 11.7 Å². The number of rotatable bonds is 3. The number of carbonyl (C=O) groups excluding carboxylic acids is 1. The highest BCUT2D eigenvalue weighted by Gasteiger charge is 2.30. The van der Waals surface area contributed by atoms with Crippen LogP contribution in [-0.4, -0.2) is 24.7 Å². The lowest BCUT2D eigenvalue weighted by Crippen LogP contribution is -2.22. The molecule has 0 bridgehead atoms. The lowest BCUT2D eigenvalue weighted by Gasteiger charge is -2.11. The molecule has 0 aliphatic carbocycles. The van der Waals surface area contributed by atoms with Gasteiger partial charge in [-0.05, 0) is 53.1 Å². The van der Waals surface area contributed by atoms with E-state index in [-0.39, 0.29) is 5.91 Å². The average molecular weight is 375 g/mol. The summed E-state index contributed by atoms with van der Waals surface area (Å²) in [7, 11) is 1.00. The topological polar surface area (TPSA) is 49.3 Å². The van der Waals surface area contributed by atoms with E-state index in [2.05, 4.69) is 5.32 Å². The Morgan fingerprint density at radius 1 is 1.00 bits per heavy atom. The molecule has 0 spiro atoms. The van der Waals surface area contributed by atoms with Gasteiger partial charge in [0.05, 0.1) is 5.56 Å². The van der Waals surface area contributed by atoms with Gasteiger partial charge in [-0.3, -0.25) is 4.79 Å². The van der Waals surface area contributed by atoms with Crippen molar-refractivity contribution in [1.29, 1.82) is 0 Å². The number of fused-ring (bicyclic) bond motifs is 1. The first-order valence-corrected chi connectivity index (χ1v) is 8.33. The molecular weight excluding hydrogens is 355 g/mol. The monoisotopic (exact) mass is 375 g/mol. The minimum atomic E-state index is -4.35. The van der Waals surface area contributed by atoms with Crippen LogP contribution in [0.3, 0.4) is 0 Å². The third kappa shape index (κ3) is 4.65. The van der Waals surface area contributed by atoms with Crippen molar-refractivity contribution in [3.05, 3.63) is 71.8 Å². The summed E-state index contributed by atoms with van der Waals surface area (Å²) in [6, 6.07) is 16.0. The van der Waals surface area contributed by atoms with Crippen LogP contribution in [0.5, 0.6) is 0 Å². The first-order valence-electron chi connectivity index (χ1n) is 8.33. The number of hydrogen-bond acceptors (Lipinski definition) is 2. The Labute approximate surface area is 155 Å². The van der Waals surface area contributed by atoms with Crippen LogP contribution >= 0.6 is 0 Å². The largest absolute Gasteiger partial charge is 0.416 e. The van der Waals surface area contributed by atoms with Crippen LogP contribution in [0.15, 0.2) is 60.7 Å². The molecule has 0 saturated carbocycles. The lowest BCUT2D eigenvalue weighted by atomic mass is 9.96. The molecule has 0 aliphatic heterocycles. The number of aliphatic hydroxyl groups is 1. The molecule has 0 aromatic heterocycles. The molecule has 142 valence electrons. The van der Waals surface area contributed by atoms with Crippen molar-refractivity contribution in [1.82, 2.24) is 5.32 Å². The summed E-state index contributed by atoms with van der Waals surface area (Å²) in [5, 5.41) is 11.5. The van der Waals surface area contributed by atoms with Crippen molar-refractivity contribution in [2.24, 2.45) is 0 Å². The Morgan fingerprint density at radius 3 is 2.26 bits per heavy atom. The molecule has 3 aromatic rings. The van der Waals surface area contributed by atoms with Crippen LogP contribution in [0.4, 0.5) is 13.2 Å². The number of halogens is 3. The molecule has 3 rings (SSSR count). The molecule has 0 fully saturated rings. The van der Waals surface area contributed by atoms with Gasteiger partial charge >= 0.3 is 6.18 Å². The van der Waals surface area contributed by atoms with Gasteiger partial charge in [0.2, 0.25) is 0 Å². The van der Waals surface area contributed by atoms with Crippen molar-refractivity contribution in [3.63, 3.8) is 0 Å².